The molecule has 0 bridgehead atoms. The van der Waals surface area contributed by atoms with E-state index in [1.807, 2.05) is 6.08 Å². The Balaban J connectivity index is 3.34. The lowest BCUT2D eigenvalue weighted by molar-refractivity contribution is -0.131. The first-order valence-electron chi connectivity index (χ1n) is 5.46. The molecule has 0 aromatic heterocycles. The second-order valence-corrected chi connectivity index (χ2v) is 3.45. The van der Waals surface area contributed by atoms with Gasteiger partial charge in [-0.3, -0.25) is 4.79 Å². The highest BCUT2D eigenvalue weighted by Crippen LogP contribution is 2.02. The van der Waals surface area contributed by atoms with E-state index in [-0.39, 0.29) is 5.91 Å². The number of aliphatic carboxylic acids is 1. The van der Waals surface area contributed by atoms with E-state index < -0.39 is 5.97 Å². The molecule has 0 fully saturated rings. The summed E-state index contributed by atoms with van der Waals surface area (Å²) in [5, 5.41) is 10.9. The topological polar surface area (TPSA) is 66.4 Å². The molecular weight excluding hydrogens is 206 g/mol. The number of carbonyl (C=O) groups is 2. The molecule has 0 aliphatic rings. The smallest absolute Gasteiger partial charge is 0.328 e. The molecule has 0 aromatic rings. The Morgan fingerprint density at radius 1 is 1.12 bits per heavy atom. The lowest BCUT2D eigenvalue weighted by Crippen LogP contribution is -2.22. The molecule has 90 valence electrons. The van der Waals surface area contributed by atoms with Gasteiger partial charge in [0.25, 0.3) is 0 Å². The van der Waals surface area contributed by atoms with Crippen LogP contribution in [0.5, 0.6) is 0 Å². The number of rotatable bonds is 9. The summed E-state index contributed by atoms with van der Waals surface area (Å²) in [6.45, 7) is 4.23. The zero-order valence-corrected chi connectivity index (χ0v) is 9.45. The summed E-state index contributed by atoms with van der Waals surface area (Å²) in [7, 11) is 0. The van der Waals surface area contributed by atoms with Crippen molar-refractivity contribution in [1.82, 2.24) is 5.32 Å². The van der Waals surface area contributed by atoms with E-state index in [1.165, 1.54) is 0 Å². The van der Waals surface area contributed by atoms with E-state index in [9.17, 15) is 9.59 Å². The second kappa shape index (κ2) is 9.96. The Morgan fingerprint density at radius 2 is 1.81 bits per heavy atom. The molecule has 0 aliphatic carbocycles. The first-order valence-corrected chi connectivity index (χ1v) is 5.46. The van der Waals surface area contributed by atoms with Crippen LogP contribution in [0.3, 0.4) is 0 Å². The van der Waals surface area contributed by atoms with Gasteiger partial charge in [-0.05, 0) is 19.3 Å². The van der Waals surface area contributed by atoms with Crippen LogP contribution in [0.15, 0.2) is 24.8 Å². The van der Waals surface area contributed by atoms with Crippen molar-refractivity contribution in [2.24, 2.45) is 0 Å². The first kappa shape index (κ1) is 14.4. The van der Waals surface area contributed by atoms with Gasteiger partial charge in [0.2, 0.25) is 5.91 Å². The lowest BCUT2D eigenvalue weighted by atomic mass is 10.1. The maximum Gasteiger partial charge on any atom is 0.328 e. The second-order valence-electron chi connectivity index (χ2n) is 3.45. The summed E-state index contributed by atoms with van der Waals surface area (Å²) in [5.41, 5.74) is 0. The fourth-order valence-electron chi connectivity index (χ4n) is 1.18. The fraction of sp³-hybridized carbons (Fsp3) is 0.500. The normalized spacial score (nSPS) is 10.2. The molecule has 0 aliphatic heterocycles. The lowest BCUT2D eigenvalue weighted by Gasteiger charge is -2.01. The van der Waals surface area contributed by atoms with Gasteiger partial charge in [-0.15, -0.1) is 6.58 Å². The van der Waals surface area contributed by atoms with Crippen LogP contribution in [0, 0.1) is 0 Å². The molecule has 0 aromatic carbocycles. The number of carboxylic acids is 1. The third kappa shape index (κ3) is 10.5. The van der Waals surface area contributed by atoms with Crippen molar-refractivity contribution in [3.8, 4) is 0 Å². The predicted octanol–water partition coefficient (Wildman–Crippen LogP) is 1.88. The molecule has 0 spiro atoms. The molecule has 2 N–H and O–H groups in total. The first-order chi connectivity index (χ1) is 7.66. The highest BCUT2D eigenvalue weighted by molar-refractivity contribution is 5.93. The zero-order chi connectivity index (χ0) is 12.2. The number of hydrogen-bond acceptors (Lipinski definition) is 2. The Bertz CT molecular complexity index is 259. The third-order valence-electron chi connectivity index (χ3n) is 2.01. The molecule has 0 heterocycles. The van der Waals surface area contributed by atoms with Gasteiger partial charge in [0.1, 0.15) is 0 Å². The van der Waals surface area contributed by atoms with Gasteiger partial charge in [0, 0.05) is 18.7 Å². The summed E-state index contributed by atoms with van der Waals surface area (Å²) in [6, 6.07) is 0. The molecule has 16 heavy (non-hydrogen) atoms. The van der Waals surface area contributed by atoms with Crippen LogP contribution in [0.4, 0.5) is 0 Å². The maximum atomic E-state index is 11.0. The average Bonchev–Trinajstić information content (AvgIpc) is 2.25. The summed E-state index contributed by atoms with van der Waals surface area (Å²) in [4.78, 5) is 21.1. The van der Waals surface area contributed by atoms with E-state index in [0.29, 0.717) is 6.54 Å². The zero-order valence-electron chi connectivity index (χ0n) is 9.45. The fourth-order valence-corrected chi connectivity index (χ4v) is 1.18. The Kier molecular flexibility index (Phi) is 8.97. The van der Waals surface area contributed by atoms with Gasteiger partial charge >= 0.3 is 5.97 Å². The third-order valence-corrected chi connectivity index (χ3v) is 2.01. The summed E-state index contributed by atoms with van der Waals surface area (Å²) in [5.74, 6) is -1.46. The number of amides is 1. The number of allylic oxidation sites excluding steroid dienone is 1. The van der Waals surface area contributed by atoms with Crippen LogP contribution in [0.2, 0.25) is 0 Å². The van der Waals surface area contributed by atoms with Gasteiger partial charge in [0.05, 0.1) is 0 Å². The van der Waals surface area contributed by atoms with Crippen molar-refractivity contribution in [3.05, 3.63) is 24.8 Å². The van der Waals surface area contributed by atoms with Crippen LogP contribution in [0.1, 0.15) is 32.1 Å². The quantitative estimate of drug-likeness (QED) is 0.357. The number of unbranched alkanes of at least 4 members (excludes halogenated alkanes) is 4. The van der Waals surface area contributed by atoms with Crippen molar-refractivity contribution in [2.75, 3.05) is 6.54 Å². The van der Waals surface area contributed by atoms with Crippen LogP contribution in [0.25, 0.3) is 0 Å². The Morgan fingerprint density at radius 3 is 2.44 bits per heavy atom. The van der Waals surface area contributed by atoms with E-state index in [0.717, 1.165) is 44.3 Å². The molecule has 0 radical (unpaired) electrons. The van der Waals surface area contributed by atoms with E-state index in [2.05, 4.69) is 11.9 Å². The number of carboxylic acid groups (broad SMARTS) is 1. The van der Waals surface area contributed by atoms with Crippen molar-refractivity contribution in [1.29, 1.82) is 0 Å². The largest absolute Gasteiger partial charge is 0.478 e. The van der Waals surface area contributed by atoms with E-state index in [1.54, 1.807) is 0 Å². The van der Waals surface area contributed by atoms with E-state index >= 15 is 0 Å². The molecule has 0 saturated carbocycles. The monoisotopic (exact) mass is 225 g/mol. The maximum absolute atomic E-state index is 11.0. The summed E-state index contributed by atoms with van der Waals surface area (Å²) in [6.07, 6.45) is 9.05. The Labute approximate surface area is 96.0 Å². The standard InChI is InChI=1S/C12H19NO3/c1-2-3-4-5-6-7-10-13-11(14)8-9-12(15)16/h2,8-9H,1,3-7,10H2,(H,13,14)(H,15,16)/b9-8+. The van der Waals surface area contributed by atoms with Crippen molar-refractivity contribution in [2.45, 2.75) is 32.1 Å². The van der Waals surface area contributed by atoms with Crippen LogP contribution in [-0.4, -0.2) is 23.5 Å². The molecule has 0 rings (SSSR count). The average molecular weight is 225 g/mol. The molecule has 4 heteroatoms. The minimum atomic E-state index is -1.11. The van der Waals surface area contributed by atoms with Crippen LogP contribution < -0.4 is 5.32 Å². The minimum absolute atomic E-state index is 0.353. The van der Waals surface area contributed by atoms with Gasteiger partial charge in [0.15, 0.2) is 0 Å². The highest BCUT2D eigenvalue weighted by atomic mass is 16.4. The molecule has 0 atom stereocenters. The van der Waals surface area contributed by atoms with E-state index in [4.69, 9.17) is 5.11 Å². The van der Waals surface area contributed by atoms with Crippen LogP contribution >= 0.6 is 0 Å². The number of carbonyl (C=O) groups excluding carboxylic acids is 1. The van der Waals surface area contributed by atoms with Crippen molar-refractivity contribution >= 4 is 11.9 Å². The van der Waals surface area contributed by atoms with Gasteiger partial charge in [-0.25, -0.2) is 4.79 Å². The van der Waals surface area contributed by atoms with Gasteiger partial charge < -0.3 is 10.4 Å². The molecule has 4 nitrogen and oxygen atoms in total. The molecular formula is C12H19NO3. The molecule has 0 saturated heterocycles. The van der Waals surface area contributed by atoms with Gasteiger partial charge in [-0.1, -0.05) is 18.9 Å². The van der Waals surface area contributed by atoms with Crippen molar-refractivity contribution < 1.29 is 14.7 Å². The number of hydrogen-bond donors (Lipinski definition) is 2. The summed E-state index contributed by atoms with van der Waals surface area (Å²) >= 11 is 0. The van der Waals surface area contributed by atoms with Gasteiger partial charge in [-0.2, -0.15) is 0 Å². The predicted molar refractivity (Wildman–Crippen MR) is 63.1 cm³/mol. The molecule has 1 amide bonds. The SMILES string of the molecule is C=CCCCCCCNC(=O)/C=C/C(=O)O. The highest BCUT2D eigenvalue weighted by Gasteiger charge is 1.95. The molecule has 0 unspecified atom stereocenters. The Hall–Kier alpha value is -1.58. The number of nitrogens with one attached hydrogen (secondary N) is 1. The van der Waals surface area contributed by atoms with Crippen LogP contribution in [-0.2, 0) is 9.59 Å². The van der Waals surface area contributed by atoms with Crippen molar-refractivity contribution in [3.63, 3.8) is 0 Å². The minimum Gasteiger partial charge on any atom is -0.478 e. The summed E-state index contributed by atoms with van der Waals surface area (Å²) < 4.78 is 0.